The number of ether oxygens (including phenoxy) is 1. The highest BCUT2D eigenvalue weighted by Gasteiger charge is 2.31. The Labute approximate surface area is 131 Å². The molecule has 2 heterocycles. The second-order valence-corrected chi connectivity index (χ2v) is 6.56. The molecule has 1 atom stereocenters. The van der Waals surface area contributed by atoms with Gasteiger partial charge in [-0.15, -0.1) is 24.0 Å². The molecule has 2 aliphatic rings. The maximum atomic E-state index is 6.01. The monoisotopic (exact) mass is 385 g/mol. The zero-order chi connectivity index (χ0) is 12.3. The van der Waals surface area contributed by atoms with Crippen LogP contribution in [0.2, 0.25) is 0 Å². The lowest BCUT2D eigenvalue weighted by atomic mass is 10.1. The van der Waals surface area contributed by atoms with Crippen molar-refractivity contribution in [2.75, 3.05) is 31.1 Å². The van der Waals surface area contributed by atoms with Crippen LogP contribution in [0.15, 0.2) is 4.99 Å². The lowest BCUT2D eigenvalue weighted by molar-refractivity contribution is -0.0107. The Morgan fingerprint density at radius 2 is 2.11 bits per heavy atom. The smallest absolute Gasteiger partial charge is 0.191 e. The topological polar surface area (TPSA) is 50.8 Å². The van der Waals surface area contributed by atoms with Crippen LogP contribution < -0.4 is 5.73 Å². The SMILES string of the molecule is CC1(C)CCC(CN=C(N)N2CCSCC2)O1.I. The molecular weight excluding hydrogens is 361 g/mol. The van der Waals surface area contributed by atoms with Gasteiger partial charge in [-0.25, -0.2) is 0 Å². The quantitative estimate of drug-likeness (QED) is 0.448. The molecule has 2 N–H and O–H groups in total. The molecule has 2 saturated heterocycles. The molecule has 0 aliphatic carbocycles. The number of nitrogens with two attached hydrogens (primary N) is 1. The first-order chi connectivity index (χ1) is 8.07. The molecule has 2 aliphatic heterocycles. The van der Waals surface area contributed by atoms with E-state index >= 15 is 0 Å². The summed E-state index contributed by atoms with van der Waals surface area (Å²) in [6.45, 7) is 7.04. The molecule has 0 aromatic rings. The summed E-state index contributed by atoms with van der Waals surface area (Å²) in [5, 5.41) is 0. The van der Waals surface area contributed by atoms with Crippen LogP contribution in [0.1, 0.15) is 26.7 Å². The molecule has 1 unspecified atom stereocenters. The predicted octanol–water partition coefficient (Wildman–Crippen LogP) is 1.93. The molecule has 0 spiro atoms. The second-order valence-electron chi connectivity index (χ2n) is 5.34. The molecule has 0 radical (unpaired) electrons. The Morgan fingerprint density at radius 1 is 1.44 bits per heavy atom. The number of aliphatic imine (C=N–C) groups is 1. The number of nitrogens with zero attached hydrogens (tertiary/aromatic N) is 2. The van der Waals surface area contributed by atoms with Gasteiger partial charge in [0.15, 0.2) is 5.96 Å². The van der Waals surface area contributed by atoms with Crippen LogP contribution in [0.25, 0.3) is 0 Å². The molecule has 106 valence electrons. The molecule has 0 aromatic heterocycles. The van der Waals surface area contributed by atoms with Gasteiger partial charge < -0.3 is 15.4 Å². The maximum Gasteiger partial charge on any atom is 0.191 e. The van der Waals surface area contributed by atoms with Gasteiger partial charge in [0.1, 0.15) is 0 Å². The van der Waals surface area contributed by atoms with E-state index in [1.807, 2.05) is 11.8 Å². The van der Waals surface area contributed by atoms with E-state index < -0.39 is 0 Å². The maximum absolute atomic E-state index is 6.01. The molecule has 0 saturated carbocycles. The van der Waals surface area contributed by atoms with E-state index in [2.05, 4.69) is 23.7 Å². The van der Waals surface area contributed by atoms with E-state index in [0.717, 1.165) is 37.4 Å². The largest absolute Gasteiger partial charge is 0.370 e. The Bertz CT molecular complexity index is 293. The summed E-state index contributed by atoms with van der Waals surface area (Å²) in [7, 11) is 0. The number of thioether (sulfide) groups is 1. The predicted molar refractivity (Wildman–Crippen MR) is 89.0 cm³/mol. The van der Waals surface area contributed by atoms with Crippen LogP contribution >= 0.6 is 35.7 Å². The van der Waals surface area contributed by atoms with E-state index in [9.17, 15) is 0 Å². The highest BCUT2D eigenvalue weighted by atomic mass is 127. The number of hydrogen-bond donors (Lipinski definition) is 1. The summed E-state index contributed by atoms with van der Waals surface area (Å²) in [4.78, 5) is 6.66. The number of hydrogen-bond acceptors (Lipinski definition) is 3. The summed E-state index contributed by atoms with van der Waals surface area (Å²) in [6.07, 6.45) is 2.47. The summed E-state index contributed by atoms with van der Waals surface area (Å²) in [5.74, 6) is 3.01. The van der Waals surface area contributed by atoms with Gasteiger partial charge in [0.2, 0.25) is 0 Å². The van der Waals surface area contributed by atoms with Crippen LogP contribution in [0, 0.1) is 0 Å². The van der Waals surface area contributed by atoms with Gasteiger partial charge in [-0.2, -0.15) is 11.8 Å². The zero-order valence-corrected chi connectivity index (χ0v) is 14.4. The summed E-state index contributed by atoms with van der Waals surface area (Å²) >= 11 is 1.98. The summed E-state index contributed by atoms with van der Waals surface area (Å²) in [5.41, 5.74) is 6.03. The minimum atomic E-state index is 0. The minimum Gasteiger partial charge on any atom is -0.370 e. The minimum absolute atomic E-state index is 0. The highest BCUT2D eigenvalue weighted by Crippen LogP contribution is 2.29. The fourth-order valence-electron chi connectivity index (χ4n) is 2.29. The molecule has 6 heteroatoms. The van der Waals surface area contributed by atoms with Crippen molar-refractivity contribution in [3.63, 3.8) is 0 Å². The second kappa shape index (κ2) is 7.19. The number of rotatable bonds is 2. The van der Waals surface area contributed by atoms with E-state index in [0.29, 0.717) is 12.5 Å². The molecule has 0 bridgehead atoms. The van der Waals surface area contributed by atoms with Gasteiger partial charge in [0.05, 0.1) is 18.2 Å². The fraction of sp³-hybridized carbons (Fsp3) is 0.917. The van der Waals surface area contributed by atoms with Gasteiger partial charge in [-0.05, 0) is 26.7 Å². The van der Waals surface area contributed by atoms with E-state index in [1.165, 1.54) is 0 Å². The Kier molecular flexibility index (Phi) is 6.54. The van der Waals surface area contributed by atoms with Gasteiger partial charge in [-0.3, -0.25) is 4.99 Å². The normalized spacial score (nSPS) is 28.0. The Morgan fingerprint density at radius 3 is 2.67 bits per heavy atom. The summed E-state index contributed by atoms with van der Waals surface area (Å²) in [6, 6.07) is 0. The van der Waals surface area contributed by atoms with Gasteiger partial charge in [0, 0.05) is 24.6 Å². The van der Waals surface area contributed by atoms with Crippen LogP contribution in [0.5, 0.6) is 0 Å². The van der Waals surface area contributed by atoms with Crippen molar-refractivity contribution in [3.8, 4) is 0 Å². The van der Waals surface area contributed by atoms with Crippen molar-refractivity contribution in [2.45, 2.75) is 38.4 Å². The first-order valence-electron chi connectivity index (χ1n) is 6.37. The lowest BCUT2D eigenvalue weighted by Gasteiger charge is -2.27. The van der Waals surface area contributed by atoms with Crippen LogP contribution in [0.4, 0.5) is 0 Å². The van der Waals surface area contributed by atoms with Crippen molar-refractivity contribution in [2.24, 2.45) is 10.7 Å². The molecule has 18 heavy (non-hydrogen) atoms. The van der Waals surface area contributed by atoms with Crippen molar-refractivity contribution in [1.82, 2.24) is 4.90 Å². The lowest BCUT2D eigenvalue weighted by Crippen LogP contribution is -2.43. The average Bonchev–Trinajstić information content (AvgIpc) is 2.67. The molecular formula is C12H24IN3OS. The first kappa shape index (κ1) is 16.4. The Hall–Kier alpha value is 0.310. The van der Waals surface area contributed by atoms with Gasteiger partial charge in [-0.1, -0.05) is 0 Å². The molecule has 4 nitrogen and oxygen atoms in total. The van der Waals surface area contributed by atoms with Gasteiger partial charge >= 0.3 is 0 Å². The van der Waals surface area contributed by atoms with Gasteiger partial charge in [0.25, 0.3) is 0 Å². The third kappa shape index (κ3) is 4.77. The number of guanidine groups is 1. The Balaban J connectivity index is 0.00000162. The molecule has 2 rings (SSSR count). The molecule has 0 amide bonds. The number of halogens is 1. The molecule has 0 aromatic carbocycles. The van der Waals surface area contributed by atoms with E-state index in [4.69, 9.17) is 10.5 Å². The van der Waals surface area contributed by atoms with Crippen molar-refractivity contribution < 1.29 is 4.74 Å². The summed E-state index contributed by atoms with van der Waals surface area (Å²) < 4.78 is 5.90. The van der Waals surface area contributed by atoms with Crippen molar-refractivity contribution in [3.05, 3.63) is 0 Å². The van der Waals surface area contributed by atoms with Crippen molar-refractivity contribution in [1.29, 1.82) is 0 Å². The van der Waals surface area contributed by atoms with Crippen LogP contribution in [0.3, 0.4) is 0 Å². The first-order valence-corrected chi connectivity index (χ1v) is 7.53. The van der Waals surface area contributed by atoms with E-state index in [1.54, 1.807) is 0 Å². The zero-order valence-electron chi connectivity index (χ0n) is 11.2. The highest BCUT2D eigenvalue weighted by molar-refractivity contribution is 14.0. The molecule has 2 fully saturated rings. The third-order valence-corrected chi connectivity index (χ3v) is 4.29. The fourth-order valence-corrected chi connectivity index (χ4v) is 3.20. The van der Waals surface area contributed by atoms with Crippen LogP contribution in [-0.2, 0) is 4.74 Å². The standard InChI is InChI=1S/C12H23N3OS.HI/c1-12(2)4-3-10(16-12)9-14-11(13)15-5-7-17-8-6-15;/h10H,3-9H2,1-2H3,(H2,13,14);1H. The van der Waals surface area contributed by atoms with E-state index in [-0.39, 0.29) is 35.7 Å². The van der Waals surface area contributed by atoms with Crippen molar-refractivity contribution >= 4 is 41.7 Å². The average molecular weight is 385 g/mol. The van der Waals surface area contributed by atoms with Crippen LogP contribution in [-0.4, -0.2) is 53.7 Å². The third-order valence-electron chi connectivity index (χ3n) is 3.35.